The topological polar surface area (TPSA) is 91.8 Å². The highest BCUT2D eigenvalue weighted by Gasteiger charge is 2.31. The Morgan fingerprint density at radius 2 is 1.85 bits per heavy atom. The van der Waals surface area contributed by atoms with Crippen molar-refractivity contribution in [2.45, 2.75) is 110 Å². The number of hydrogen-bond acceptors (Lipinski definition) is 4. The van der Waals surface area contributed by atoms with Crippen LogP contribution in [0.15, 0.2) is 12.1 Å². The van der Waals surface area contributed by atoms with Crippen molar-refractivity contribution in [3.05, 3.63) is 29.1 Å². The number of nitrogens with zero attached hydrogens (tertiary/aromatic N) is 2. The zero-order valence-corrected chi connectivity index (χ0v) is 20.7. The van der Waals surface area contributed by atoms with Crippen molar-refractivity contribution in [1.29, 1.82) is 0 Å². The lowest BCUT2D eigenvalue weighted by Gasteiger charge is -2.35. The zero-order valence-electron chi connectivity index (χ0n) is 20.7. The molecular formula is C26H41N3O4. The molecule has 0 spiro atoms. The third-order valence-corrected chi connectivity index (χ3v) is 6.94. The molecule has 1 heterocycles. The first-order chi connectivity index (χ1) is 15.7. The molecule has 33 heavy (non-hydrogen) atoms. The van der Waals surface area contributed by atoms with Crippen LogP contribution in [0.3, 0.4) is 0 Å². The van der Waals surface area contributed by atoms with Gasteiger partial charge in [-0.25, -0.2) is 9.59 Å². The molecule has 2 aliphatic rings. The maximum absolute atomic E-state index is 12.5. The van der Waals surface area contributed by atoms with E-state index >= 15 is 0 Å². The van der Waals surface area contributed by atoms with Gasteiger partial charge in [0.1, 0.15) is 6.04 Å². The molecule has 0 aliphatic heterocycles. The number of carbonyl (C=O) groups excluding carboxylic acids is 1. The molecule has 1 saturated carbocycles. The van der Waals surface area contributed by atoms with Crippen LogP contribution in [-0.4, -0.2) is 57.8 Å². The molecule has 1 atom stereocenters. The van der Waals surface area contributed by atoms with E-state index in [1.807, 2.05) is 27.7 Å². The van der Waals surface area contributed by atoms with Gasteiger partial charge in [0, 0.05) is 36.5 Å². The van der Waals surface area contributed by atoms with Gasteiger partial charge in [-0.1, -0.05) is 6.07 Å². The van der Waals surface area contributed by atoms with Gasteiger partial charge in [0.15, 0.2) is 0 Å². The largest absolute Gasteiger partial charge is 0.480 e. The number of urea groups is 1. The highest BCUT2D eigenvalue weighted by molar-refractivity contribution is 5.82. The smallest absolute Gasteiger partial charge is 0.326 e. The summed E-state index contributed by atoms with van der Waals surface area (Å²) in [6.07, 6.45) is 9.46. The van der Waals surface area contributed by atoms with Crippen molar-refractivity contribution in [2.24, 2.45) is 5.92 Å². The first-order valence-electron chi connectivity index (χ1n) is 12.7. The number of amides is 2. The maximum atomic E-state index is 12.5. The SMILES string of the molecule is CC(C)N(C(=O)NC(CCOC1CC(CCc2ccc3c(n2)CCCC3)C1)C(=O)O)C(C)C. The van der Waals surface area contributed by atoms with Crippen LogP contribution in [0.25, 0.3) is 0 Å². The van der Waals surface area contributed by atoms with Gasteiger partial charge >= 0.3 is 12.0 Å². The number of carboxylic acids is 1. The van der Waals surface area contributed by atoms with Crippen molar-refractivity contribution in [2.75, 3.05) is 6.61 Å². The molecular weight excluding hydrogens is 418 g/mol. The number of carbonyl (C=O) groups is 2. The fourth-order valence-electron chi connectivity index (χ4n) is 5.06. The Hall–Kier alpha value is -2.15. The molecule has 0 bridgehead atoms. The predicted octanol–water partition coefficient (Wildman–Crippen LogP) is 4.36. The first kappa shape index (κ1) is 25.5. The summed E-state index contributed by atoms with van der Waals surface area (Å²) in [5.74, 6) is -0.378. The fraction of sp³-hybridized carbons (Fsp3) is 0.731. The Bertz CT molecular complexity index is 797. The molecule has 7 heteroatoms. The number of ether oxygens (including phenoxy) is 1. The van der Waals surface area contributed by atoms with Crippen LogP contribution >= 0.6 is 0 Å². The summed E-state index contributed by atoms with van der Waals surface area (Å²) in [7, 11) is 0. The number of fused-ring (bicyclic) bond motifs is 1. The molecule has 1 aromatic heterocycles. The molecule has 184 valence electrons. The lowest BCUT2D eigenvalue weighted by Crippen LogP contribution is -2.52. The first-order valence-corrected chi connectivity index (χ1v) is 12.7. The second-order valence-corrected chi connectivity index (χ2v) is 10.2. The number of nitrogens with one attached hydrogen (secondary N) is 1. The second-order valence-electron chi connectivity index (χ2n) is 10.2. The second kappa shape index (κ2) is 11.8. The minimum Gasteiger partial charge on any atom is -0.480 e. The monoisotopic (exact) mass is 459 g/mol. The zero-order chi connectivity index (χ0) is 24.0. The van der Waals surface area contributed by atoms with Crippen molar-refractivity contribution in [1.82, 2.24) is 15.2 Å². The third-order valence-electron chi connectivity index (χ3n) is 6.94. The van der Waals surface area contributed by atoms with E-state index in [1.165, 1.54) is 36.2 Å². The van der Waals surface area contributed by atoms with Crippen LogP contribution in [0.5, 0.6) is 0 Å². The molecule has 3 rings (SSSR count). The summed E-state index contributed by atoms with van der Waals surface area (Å²) in [5.41, 5.74) is 3.94. The van der Waals surface area contributed by atoms with Gasteiger partial charge in [0.25, 0.3) is 0 Å². The predicted molar refractivity (Wildman–Crippen MR) is 128 cm³/mol. The van der Waals surface area contributed by atoms with Crippen LogP contribution in [-0.2, 0) is 28.8 Å². The highest BCUT2D eigenvalue weighted by Crippen LogP contribution is 2.34. The fourth-order valence-corrected chi connectivity index (χ4v) is 5.06. The van der Waals surface area contributed by atoms with Crippen molar-refractivity contribution < 1.29 is 19.4 Å². The van der Waals surface area contributed by atoms with Gasteiger partial charge in [0.05, 0.1) is 6.10 Å². The molecule has 7 nitrogen and oxygen atoms in total. The van der Waals surface area contributed by atoms with Crippen molar-refractivity contribution >= 4 is 12.0 Å². The number of hydrogen-bond donors (Lipinski definition) is 2. The van der Waals surface area contributed by atoms with Crippen molar-refractivity contribution in [3.8, 4) is 0 Å². The Balaban J connectivity index is 1.35. The van der Waals surface area contributed by atoms with Crippen LogP contribution in [0, 0.1) is 5.92 Å². The number of pyridine rings is 1. The molecule has 0 saturated heterocycles. The number of aryl methyl sites for hydroxylation is 3. The molecule has 1 aromatic rings. The summed E-state index contributed by atoms with van der Waals surface area (Å²) < 4.78 is 5.91. The number of aliphatic carboxylic acids is 1. The van der Waals surface area contributed by atoms with E-state index in [0.29, 0.717) is 12.5 Å². The molecule has 0 aromatic carbocycles. The van der Waals surface area contributed by atoms with E-state index in [9.17, 15) is 14.7 Å². The number of rotatable bonds is 11. The van der Waals surface area contributed by atoms with E-state index in [-0.39, 0.29) is 30.6 Å². The average Bonchev–Trinajstić information content (AvgIpc) is 2.72. The van der Waals surface area contributed by atoms with Gasteiger partial charge in [0.2, 0.25) is 0 Å². The molecule has 2 amide bonds. The molecule has 1 unspecified atom stereocenters. The number of carboxylic acid groups (broad SMARTS) is 1. The van der Waals surface area contributed by atoms with Gasteiger partial charge in [-0.3, -0.25) is 4.98 Å². The van der Waals surface area contributed by atoms with E-state index in [2.05, 4.69) is 17.4 Å². The quantitative estimate of drug-likeness (QED) is 0.513. The van der Waals surface area contributed by atoms with Crippen LogP contribution in [0.2, 0.25) is 0 Å². The molecule has 1 fully saturated rings. The minimum atomic E-state index is -1.02. The van der Waals surface area contributed by atoms with Crippen LogP contribution < -0.4 is 5.32 Å². The summed E-state index contributed by atoms with van der Waals surface area (Å²) in [4.78, 5) is 30.7. The van der Waals surface area contributed by atoms with Crippen molar-refractivity contribution in [3.63, 3.8) is 0 Å². The Morgan fingerprint density at radius 3 is 2.52 bits per heavy atom. The average molecular weight is 460 g/mol. The summed E-state index contributed by atoms with van der Waals surface area (Å²) in [6.45, 7) is 8.03. The van der Waals surface area contributed by atoms with E-state index < -0.39 is 12.0 Å². The lowest BCUT2D eigenvalue weighted by molar-refractivity contribution is -0.140. The van der Waals surface area contributed by atoms with E-state index in [4.69, 9.17) is 9.72 Å². The molecule has 0 radical (unpaired) electrons. The standard InChI is InChI=1S/C26H41N3O4/c1-17(2)29(18(3)4)26(32)28-24(25(30)31)13-14-33-22-15-19(16-22)9-11-21-12-10-20-7-5-6-8-23(20)27-21/h10,12,17-19,22,24H,5-9,11,13-16H2,1-4H3,(H,28,32)(H,30,31). The third kappa shape index (κ3) is 7.16. The van der Waals surface area contributed by atoms with Gasteiger partial charge < -0.3 is 20.1 Å². The summed E-state index contributed by atoms with van der Waals surface area (Å²) in [6, 6.07) is 3.17. The van der Waals surface area contributed by atoms with E-state index in [0.717, 1.165) is 32.1 Å². The normalized spacial score (nSPS) is 20.8. The summed E-state index contributed by atoms with van der Waals surface area (Å²) >= 11 is 0. The summed E-state index contributed by atoms with van der Waals surface area (Å²) in [5, 5.41) is 12.2. The Morgan fingerprint density at radius 1 is 1.15 bits per heavy atom. The maximum Gasteiger partial charge on any atom is 0.326 e. The highest BCUT2D eigenvalue weighted by atomic mass is 16.5. The van der Waals surface area contributed by atoms with E-state index in [1.54, 1.807) is 4.90 Å². The minimum absolute atomic E-state index is 0.000824. The lowest BCUT2D eigenvalue weighted by atomic mass is 9.79. The van der Waals surface area contributed by atoms with Gasteiger partial charge in [-0.15, -0.1) is 0 Å². The van der Waals surface area contributed by atoms with Crippen LogP contribution in [0.1, 0.15) is 83.2 Å². The number of aromatic nitrogens is 1. The Kier molecular flexibility index (Phi) is 9.12. The van der Waals surface area contributed by atoms with Crippen LogP contribution in [0.4, 0.5) is 4.79 Å². The molecule has 2 aliphatic carbocycles. The van der Waals surface area contributed by atoms with Gasteiger partial charge in [-0.2, -0.15) is 0 Å². The van der Waals surface area contributed by atoms with Gasteiger partial charge in [-0.05, 0) is 96.6 Å². The molecule has 2 N–H and O–H groups in total. The Labute approximate surface area is 198 Å².